The molecule has 126 valence electrons. The molecule has 0 radical (unpaired) electrons. The number of hydrogen-bond donors (Lipinski definition) is 2. The van der Waals surface area contributed by atoms with Crippen molar-refractivity contribution in [1.82, 2.24) is 15.5 Å². The van der Waals surface area contributed by atoms with Crippen molar-refractivity contribution in [2.45, 2.75) is 26.6 Å². The van der Waals surface area contributed by atoms with Crippen LogP contribution in [-0.2, 0) is 24.4 Å². The largest absolute Gasteiger partial charge is 0.460 e. The Kier molecular flexibility index (Phi) is 5.08. The second-order valence-electron chi connectivity index (χ2n) is 5.64. The van der Waals surface area contributed by atoms with Crippen molar-refractivity contribution in [3.05, 3.63) is 64.8 Å². The molecular formula is C18H20FN3O2. The van der Waals surface area contributed by atoms with E-state index in [9.17, 15) is 4.39 Å². The summed E-state index contributed by atoms with van der Waals surface area (Å²) in [5.41, 5.74) is 3.45. The molecule has 0 aliphatic carbocycles. The van der Waals surface area contributed by atoms with E-state index < -0.39 is 0 Å². The number of nitrogens with zero attached hydrogens (tertiary/aromatic N) is 1. The van der Waals surface area contributed by atoms with Crippen LogP contribution in [0.5, 0.6) is 0 Å². The van der Waals surface area contributed by atoms with Gasteiger partial charge in [0.05, 0.1) is 12.8 Å². The standard InChI is InChI=1S/C18H20FN3O2/c1-12-3-6-17(24-12)18-15(10-21-22-18)9-20-8-13-4-5-16(19)14(7-13)11-23-2/h3-7,10,20H,8-9,11H2,1-2H3,(H,21,22). The van der Waals surface area contributed by atoms with Gasteiger partial charge in [-0.3, -0.25) is 5.10 Å². The summed E-state index contributed by atoms with van der Waals surface area (Å²) in [6.07, 6.45) is 1.78. The van der Waals surface area contributed by atoms with Crippen molar-refractivity contribution in [2.75, 3.05) is 7.11 Å². The van der Waals surface area contributed by atoms with Crippen LogP contribution in [0, 0.1) is 12.7 Å². The lowest BCUT2D eigenvalue weighted by Gasteiger charge is -2.08. The third-order valence-electron chi connectivity index (χ3n) is 3.76. The average molecular weight is 329 g/mol. The maximum atomic E-state index is 13.6. The lowest BCUT2D eigenvalue weighted by atomic mass is 10.1. The molecule has 0 saturated heterocycles. The summed E-state index contributed by atoms with van der Waals surface area (Å²) in [5.74, 6) is 1.38. The number of rotatable bonds is 7. The summed E-state index contributed by atoms with van der Waals surface area (Å²) in [7, 11) is 1.56. The Morgan fingerprint density at radius 3 is 2.83 bits per heavy atom. The number of aromatic amines is 1. The molecule has 0 fully saturated rings. The van der Waals surface area contributed by atoms with Gasteiger partial charge in [-0.1, -0.05) is 6.07 Å². The number of benzene rings is 1. The van der Waals surface area contributed by atoms with Crippen LogP contribution in [0.3, 0.4) is 0 Å². The first-order chi connectivity index (χ1) is 11.7. The topological polar surface area (TPSA) is 63.1 Å². The lowest BCUT2D eigenvalue weighted by Crippen LogP contribution is -2.13. The fourth-order valence-corrected chi connectivity index (χ4v) is 2.57. The van der Waals surface area contributed by atoms with Gasteiger partial charge in [-0.2, -0.15) is 5.10 Å². The van der Waals surface area contributed by atoms with Gasteiger partial charge in [-0.05, 0) is 36.8 Å². The SMILES string of the molecule is COCc1cc(CNCc2cn[nH]c2-c2ccc(C)o2)ccc1F. The second kappa shape index (κ2) is 7.42. The lowest BCUT2D eigenvalue weighted by molar-refractivity contribution is 0.181. The zero-order valence-electron chi connectivity index (χ0n) is 13.7. The van der Waals surface area contributed by atoms with Crippen molar-refractivity contribution < 1.29 is 13.5 Å². The van der Waals surface area contributed by atoms with Gasteiger partial charge in [0.25, 0.3) is 0 Å². The first-order valence-corrected chi connectivity index (χ1v) is 7.73. The number of halogens is 1. The predicted octanol–water partition coefficient (Wildman–Crippen LogP) is 3.55. The Morgan fingerprint density at radius 2 is 2.08 bits per heavy atom. The van der Waals surface area contributed by atoms with Crippen LogP contribution in [-0.4, -0.2) is 17.3 Å². The number of hydrogen-bond acceptors (Lipinski definition) is 4. The Hall–Kier alpha value is -2.44. The highest BCUT2D eigenvalue weighted by Crippen LogP contribution is 2.23. The molecule has 3 rings (SSSR count). The summed E-state index contributed by atoms with van der Waals surface area (Å²) in [4.78, 5) is 0. The van der Waals surface area contributed by atoms with E-state index in [1.54, 1.807) is 19.4 Å². The molecule has 0 atom stereocenters. The van der Waals surface area contributed by atoms with Crippen LogP contribution in [0.2, 0.25) is 0 Å². The first kappa shape index (κ1) is 16.4. The van der Waals surface area contributed by atoms with Gasteiger partial charge in [-0.25, -0.2) is 4.39 Å². The van der Waals surface area contributed by atoms with Gasteiger partial charge >= 0.3 is 0 Å². The van der Waals surface area contributed by atoms with Crippen LogP contribution in [0.1, 0.15) is 22.5 Å². The Morgan fingerprint density at radius 1 is 1.21 bits per heavy atom. The number of methoxy groups -OCH3 is 1. The minimum absolute atomic E-state index is 0.245. The van der Waals surface area contributed by atoms with Gasteiger partial charge in [0.1, 0.15) is 17.3 Å². The van der Waals surface area contributed by atoms with Gasteiger partial charge in [0.15, 0.2) is 5.76 Å². The molecule has 0 aliphatic rings. The van der Waals surface area contributed by atoms with E-state index >= 15 is 0 Å². The summed E-state index contributed by atoms with van der Waals surface area (Å²) >= 11 is 0. The van der Waals surface area contributed by atoms with E-state index in [1.807, 2.05) is 25.1 Å². The number of aromatic nitrogens is 2. The van der Waals surface area contributed by atoms with E-state index in [1.165, 1.54) is 6.07 Å². The number of aryl methyl sites for hydroxylation is 1. The minimum Gasteiger partial charge on any atom is -0.460 e. The fraction of sp³-hybridized carbons (Fsp3) is 0.278. The molecule has 0 unspecified atom stereocenters. The fourth-order valence-electron chi connectivity index (χ4n) is 2.57. The van der Waals surface area contributed by atoms with E-state index in [-0.39, 0.29) is 12.4 Å². The molecule has 24 heavy (non-hydrogen) atoms. The molecule has 0 saturated carbocycles. The van der Waals surface area contributed by atoms with E-state index in [0.717, 1.165) is 28.3 Å². The maximum absolute atomic E-state index is 13.6. The first-order valence-electron chi connectivity index (χ1n) is 7.73. The highest BCUT2D eigenvalue weighted by Gasteiger charge is 2.11. The normalized spacial score (nSPS) is 11.1. The van der Waals surface area contributed by atoms with Crippen molar-refractivity contribution in [1.29, 1.82) is 0 Å². The molecule has 0 spiro atoms. The van der Waals surface area contributed by atoms with E-state index in [4.69, 9.17) is 9.15 Å². The van der Waals surface area contributed by atoms with Crippen LogP contribution in [0.25, 0.3) is 11.5 Å². The molecule has 2 N–H and O–H groups in total. The molecule has 2 heterocycles. The number of H-pyrrole nitrogens is 1. The quantitative estimate of drug-likeness (QED) is 0.696. The van der Waals surface area contributed by atoms with Crippen LogP contribution < -0.4 is 5.32 Å². The van der Waals surface area contributed by atoms with E-state index in [0.29, 0.717) is 18.7 Å². The summed E-state index contributed by atoms with van der Waals surface area (Å²) in [6, 6.07) is 8.90. The van der Waals surface area contributed by atoms with Crippen molar-refractivity contribution in [2.24, 2.45) is 0 Å². The van der Waals surface area contributed by atoms with Crippen molar-refractivity contribution in [3.63, 3.8) is 0 Å². The smallest absolute Gasteiger partial charge is 0.152 e. The molecule has 1 aromatic carbocycles. The Labute approximate surface area is 139 Å². The molecule has 2 aromatic heterocycles. The summed E-state index contributed by atoms with van der Waals surface area (Å²) in [6.45, 7) is 3.43. The molecule has 0 bridgehead atoms. The van der Waals surface area contributed by atoms with Crippen LogP contribution in [0.15, 0.2) is 40.9 Å². The molecule has 6 heteroatoms. The van der Waals surface area contributed by atoms with Gasteiger partial charge in [-0.15, -0.1) is 0 Å². The summed E-state index contributed by atoms with van der Waals surface area (Å²) < 4.78 is 24.3. The highest BCUT2D eigenvalue weighted by atomic mass is 19.1. The van der Waals surface area contributed by atoms with Crippen molar-refractivity contribution >= 4 is 0 Å². The Bertz CT molecular complexity index is 810. The highest BCUT2D eigenvalue weighted by molar-refractivity contribution is 5.56. The average Bonchev–Trinajstić information content (AvgIpc) is 3.19. The summed E-state index contributed by atoms with van der Waals surface area (Å²) in [5, 5.41) is 10.4. The van der Waals surface area contributed by atoms with E-state index in [2.05, 4.69) is 15.5 Å². The second-order valence-corrected chi connectivity index (χ2v) is 5.64. The molecule has 0 aliphatic heterocycles. The van der Waals surface area contributed by atoms with Gasteiger partial charge in [0, 0.05) is 31.3 Å². The van der Waals surface area contributed by atoms with Crippen molar-refractivity contribution in [3.8, 4) is 11.5 Å². The number of ether oxygens (including phenoxy) is 1. The maximum Gasteiger partial charge on any atom is 0.152 e. The monoisotopic (exact) mass is 329 g/mol. The number of furan rings is 1. The molecule has 3 aromatic rings. The van der Waals surface area contributed by atoms with Crippen LogP contribution >= 0.6 is 0 Å². The number of nitrogens with one attached hydrogen (secondary N) is 2. The third-order valence-corrected chi connectivity index (χ3v) is 3.76. The van der Waals surface area contributed by atoms with Gasteiger partial charge < -0.3 is 14.5 Å². The minimum atomic E-state index is -0.245. The zero-order valence-corrected chi connectivity index (χ0v) is 13.7. The molecular weight excluding hydrogens is 309 g/mol. The van der Waals surface area contributed by atoms with Crippen LogP contribution in [0.4, 0.5) is 4.39 Å². The third kappa shape index (κ3) is 3.72. The molecule has 5 nitrogen and oxygen atoms in total. The zero-order chi connectivity index (χ0) is 16.9. The predicted molar refractivity (Wildman–Crippen MR) is 88.7 cm³/mol. The molecule has 0 amide bonds. The van der Waals surface area contributed by atoms with Gasteiger partial charge in [0.2, 0.25) is 0 Å². The Balaban J connectivity index is 1.63.